The summed E-state index contributed by atoms with van der Waals surface area (Å²) >= 11 is 0. The highest BCUT2D eigenvalue weighted by molar-refractivity contribution is 7.90. The van der Waals surface area contributed by atoms with Gasteiger partial charge < -0.3 is 14.4 Å². The Morgan fingerprint density at radius 2 is 1.83 bits per heavy atom. The molecule has 0 aliphatic carbocycles. The van der Waals surface area contributed by atoms with E-state index in [-0.39, 0.29) is 65.6 Å². The number of carbonyl (C=O) groups excluding carboxylic acids is 4. The molecule has 65 heavy (non-hydrogen) atoms. The molecule has 5 aliphatic heterocycles. The maximum Gasteiger partial charge on any atom is 0.349 e. The first-order chi connectivity index (χ1) is 31.0. The van der Waals surface area contributed by atoms with Crippen LogP contribution in [0.2, 0.25) is 0 Å². The number of benzene rings is 3. The van der Waals surface area contributed by atoms with Crippen molar-refractivity contribution in [2.75, 3.05) is 57.6 Å². The summed E-state index contributed by atoms with van der Waals surface area (Å²) in [6, 6.07) is 13.3. The summed E-state index contributed by atoms with van der Waals surface area (Å²) in [5.74, 6) is -3.37. The number of nitrogens with zero attached hydrogens (tertiary/aromatic N) is 6. The van der Waals surface area contributed by atoms with Crippen molar-refractivity contribution in [3.63, 3.8) is 0 Å². The number of nitriles is 1. The van der Waals surface area contributed by atoms with Gasteiger partial charge in [0.25, 0.3) is 6.34 Å². The van der Waals surface area contributed by atoms with Crippen LogP contribution >= 0.6 is 0 Å². The average molecular weight is 914 g/mol. The second-order valence-corrected chi connectivity index (χ2v) is 19.6. The smallest absolute Gasteiger partial charge is 0.349 e. The molecule has 0 bridgehead atoms. The number of imide groups is 1. The fourth-order valence-corrected chi connectivity index (χ4v) is 10.4. The number of carbonyl (C=O) groups is 4. The molecule has 4 fully saturated rings. The lowest BCUT2D eigenvalue weighted by molar-refractivity contribution is -0.292. The van der Waals surface area contributed by atoms with E-state index in [1.165, 1.54) is 42.2 Å². The zero-order valence-electron chi connectivity index (χ0n) is 36.4. The quantitative estimate of drug-likeness (QED) is 0.188. The molecule has 8 rings (SSSR count). The summed E-state index contributed by atoms with van der Waals surface area (Å²) in [5, 5.41) is 12.3. The van der Waals surface area contributed by atoms with Gasteiger partial charge in [-0.1, -0.05) is 26.0 Å². The minimum absolute atomic E-state index is 0.00396. The fourth-order valence-electron chi connectivity index (χ4n) is 9.48. The molecule has 2 N–H and O–H groups in total. The third-order valence-corrected chi connectivity index (χ3v) is 14.8. The highest BCUT2D eigenvalue weighted by Gasteiger charge is 2.49. The molecule has 4 amide bonds. The molecule has 2 atom stereocenters. The molecule has 342 valence electrons. The molecule has 3 aromatic rings. The normalized spacial score (nSPS) is 23.2. The Kier molecular flexibility index (Phi) is 12.7. The minimum atomic E-state index is -4.04. The molecular formula is C46H51F2N8O8S+. The van der Waals surface area contributed by atoms with Crippen LogP contribution in [-0.4, -0.2) is 122 Å². The van der Waals surface area contributed by atoms with Crippen molar-refractivity contribution >= 4 is 57.8 Å². The van der Waals surface area contributed by atoms with E-state index in [0.29, 0.717) is 88.1 Å². The van der Waals surface area contributed by atoms with Crippen molar-refractivity contribution in [2.45, 2.75) is 76.2 Å². The van der Waals surface area contributed by atoms with Crippen LogP contribution in [0.15, 0.2) is 53.5 Å². The number of likely N-dealkylation sites (tertiary alicyclic amines) is 2. The third kappa shape index (κ3) is 9.57. The Morgan fingerprint density at radius 3 is 2.52 bits per heavy atom. The largest absolute Gasteiger partial charge is 0.453 e. The summed E-state index contributed by atoms with van der Waals surface area (Å²) in [4.78, 5) is 59.7. The molecule has 5 heterocycles. The van der Waals surface area contributed by atoms with E-state index in [4.69, 9.17) is 9.47 Å². The summed E-state index contributed by atoms with van der Waals surface area (Å²) in [7, 11) is -2.68. The fraction of sp³-hybridized carbons (Fsp3) is 0.457. The van der Waals surface area contributed by atoms with Crippen LogP contribution in [0, 0.1) is 28.4 Å². The summed E-state index contributed by atoms with van der Waals surface area (Å²) in [6.45, 7) is 6.75. The van der Waals surface area contributed by atoms with Crippen molar-refractivity contribution in [1.29, 1.82) is 5.26 Å². The third-order valence-electron chi connectivity index (χ3n) is 13.3. The minimum Gasteiger partial charge on any atom is -0.453 e. The standard InChI is InChI=1S/C46H50F2N8O8S/c1-4-53(3)65(61,62)52-39-11-9-36(47)42(35(39)23-49)64-31-6-10-38-34(22-31)44(60)56(28-50-38)26-45(2)25-46(63-27-45)15-19-55(20-16-46)41(58)24-54-17-13-29(14-18-54)32-7-5-30(21-37(32)48)33-8-12-40(57)51-43(33)59/h5-7,9-11,21-22,26,28-29,33,52H,4,8,12-20,24-25,27H2,1-3H3/p+1. The zero-order chi connectivity index (χ0) is 46.3. The number of fused-ring (bicyclic) bond motifs is 1. The van der Waals surface area contributed by atoms with Crippen LogP contribution in [0.3, 0.4) is 0 Å². The number of hydrogen-bond donors (Lipinski definition) is 2. The number of piperidine rings is 3. The topological polar surface area (TPSA) is 194 Å². The average Bonchev–Trinajstić information content (AvgIpc) is 3.60. The Balaban J connectivity index is 0.847. The Bertz CT molecular complexity index is 2650. The lowest BCUT2D eigenvalue weighted by Gasteiger charge is -2.40. The van der Waals surface area contributed by atoms with Crippen LogP contribution in [-0.2, 0) is 29.3 Å². The highest BCUT2D eigenvalue weighted by atomic mass is 32.2. The maximum absolute atomic E-state index is 15.3. The molecule has 0 aromatic heterocycles. The number of halogens is 2. The summed E-state index contributed by atoms with van der Waals surface area (Å²) in [6.07, 6.45) is 7.07. The molecule has 4 saturated heterocycles. The highest BCUT2D eigenvalue weighted by Crippen LogP contribution is 2.45. The van der Waals surface area contributed by atoms with Crippen molar-refractivity contribution in [2.24, 2.45) is 10.4 Å². The van der Waals surface area contributed by atoms with Gasteiger partial charge in [0.1, 0.15) is 28.8 Å². The molecule has 1 spiro atoms. The van der Waals surface area contributed by atoms with Crippen molar-refractivity contribution < 1.29 is 50.4 Å². The monoisotopic (exact) mass is 913 g/mol. The molecule has 5 aliphatic rings. The number of anilines is 1. The second-order valence-electron chi connectivity index (χ2n) is 17.8. The van der Waals surface area contributed by atoms with Crippen molar-refractivity contribution in [3.8, 4) is 17.6 Å². The maximum atomic E-state index is 15.3. The SMILES string of the molecule is CCN(C)S(=O)(=O)Nc1ccc(F)c(Oc2ccc3c(c2)C(=O)[N+](=CC2(C)COC4(CCN(C(=O)CN5CCC(c6ccc(C7CCC(=O)NC7=O)cc6F)CC5)CC4)C2)C=N3)c1C#N. The molecule has 16 nitrogen and oxygen atoms in total. The Labute approximate surface area is 376 Å². The van der Waals surface area contributed by atoms with E-state index in [9.17, 15) is 32.9 Å². The molecule has 0 saturated carbocycles. The van der Waals surface area contributed by atoms with Gasteiger partial charge in [-0.3, -0.25) is 29.3 Å². The van der Waals surface area contributed by atoms with E-state index in [1.54, 1.807) is 25.3 Å². The van der Waals surface area contributed by atoms with Crippen LogP contribution in [0.4, 0.5) is 20.2 Å². The van der Waals surface area contributed by atoms with Gasteiger partial charge in [-0.2, -0.15) is 22.6 Å². The molecule has 2 unspecified atom stereocenters. The van der Waals surface area contributed by atoms with Gasteiger partial charge in [0.2, 0.25) is 17.7 Å². The van der Waals surface area contributed by atoms with Gasteiger partial charge in [0.05, 0.1) is 36.6 Å². The van der Waals surface area contributed by atoms with E-state index < -0.39 is 50.5 Å². The second kappa shape index (κ2) is 18.1. The Morgan fingerprint density at radius 1 is 1.08 bits per heavy atom. The van der Waals surface area contributed by atoms with E-state index in [0.717, 1.165) is 16.4 Å². The molecule has 3 aromatic carbocycles. The van der Waals surface area contributed by atoms with Crippen molar-refractivity contribution in [3.05, 3.63) is 82.4 Å². The number of rotatable bonds is 11. The van der Waals surface area contributed by atoms with Crippen LogP contribution in [0.1, 0.15) is 97.7 Å². The zero-order valence-corrected chi connectivity index (χ0v) is 37.3. The van der Waals surface area contributed by atoms with Gasteiger partial charge >= 0.3 is 16.1 Å². The van der Waals surface area contributed by atoms with Crippen LogP contribution in [0.25, 0.3) is 0 Å². The molecule has 0 radical (unpaired) electrons. The molecule has 19 heteroatoms. The summed E-state index contributed by atoms with van der Waals surface area (Å²) in [5.41, 5.74) is 0.112. The lowest BCUT2D eigenvalue weighted by atomic mass is 9.78. The number of hydrogen-bond acceptors (Lipinski definition) is 11. The van der Waals surface area contributed by atoms with Crippen LogP contribution in [0.5, 0.6) is 11.5 Å². The first kappa shape index (κ1) is 45.6. The van der Waals surface area contributed by atoms with E-state index in [2.05, 4.69) is 19.9 Å². The van der Waals surface area contributed by atoms with Gasteiger partial charge in [-0.15, -0.1) is 0 Å². The first-order valence-corrected chi connectivity index (χ1v) is 23.2. The number of amides is 4. The predicted octanol–water partition coefficient (Wildman–Crippen LogP) is 5.32. The number of aliphatic imine (C=N–C) groups is 1. The van der Waals surface area contributed by atoms with Gasteiger partial charge in [0, 0.05) is 44.6 Å². The first-order valence-electron chi connectivity index (χ1n) is 21.8. The van der Waals surface area contributed by atoms with E-state index in [1.807, 2.05) is 17.9 Å². The predicted molar refractivity (Wildman–Crippen MR) is 234 cm³/mol. The summed E-state index contributed by atoms with van der Waals surface area (Å²) < 4.78 is 72.8. The lowest BCUT2D eigenvalue weighted by Crippen LogP contribution is -2.50. The van der Waals surface area contributed by atoms with E-state index >= 15 is 8.78 Å². The van der Waals surface area contributed by atoms with Crippen molar-refractivity contribution in [1.82, 2.24) is 19.4 Å². The Hall–Kier alpha value is -5.94. The van der Waals surface area contributed by atoms with Gasteiger partial charge in [0.15, 0.2) is 17.3 Å². The van der Waals surface area contributed by atoms with Crippen LogP contribution < -0.4 is 14.8 Å². The molecular weight excluding hydrogens is 863 g/mol. The van der Waals surface area contributed by atoms with Gasteiger partial charge in [-0.25, -0.2) is 13.6 Å². The number of ether oxygens (including phenoxy) is 2. The number of nitrogens with one attached hydrogen (secondary N) is 2. The van der Waals surface area contributed by atoms with Gasteiger partial charge in [-0.05, 0) is 104 Å².